The van der Waals surface area contributed by atoms with Crippen molar-refractivity contribution >= 4 is 57.3 Å². The molecule has 0 spiro atoms. The van der Waals surface area contributed by atoms with E-state index in [4.69, 9.17) is 23.2 Å². The van der Waals surface area contributed by atoms with Crippen LogP contribution in [-0.4, -0.2) is 39.8 Å². The molecule has 3 rings (SSSR count). The largest absolute Gasteiger partial charge is 0.300 e. The number of aromatic nitrogens is 2. The van der Waals surface area contributed by atoms with Crippen LogP contribution in [-0.2, 0) is 11.3 Å². The quantitative estimate of drug-likeness (QED) is 0.526. The maximum absolute atomic E-state index is 12.5. The summed E-state index contributed by atoms with van der Waals surface area (Å²) in [5.74, 6) is 0.972. The van der Waals surface area contributed by atoms with Gasteiger partial charge in [-0.2, -0.15) is 0 Å². The van der Waals surface area contributed by atoms with Crippen molar-refractivity contribution in [2.75, 3.05) is 24.2 Å². The first-order chi connectivity index (χ1) is 12.6. The van der Waals surface area contributed by atoms with Gasteiger partial charge in [0.15, 0.2) is 4.34 Å². The summed E-state index contributed by atoms with van der Waals surface area (Å²) in [5, 5.41) is 13.0. The Morgan fingerprint density at radius 2 is 2.00 bits per heavy atom. The molecule has 1 aliphatic rings. The first-order valence-electron chi connectivity index (χ1n) is 8.49. The van der Waals surface area contributed by atoms with E-state index >= 15 is 0 Å². The van der Waals surface area contributed by atoms with Gasteiger partial charge in [-0.15, -0.1) is 10.2 Å². The van der Waals surface area contributed by atoms with Crippen LogP contribution in [0, 0.1) is 5.92 Å². The normalized spacial score (nSPS) is 16.0. The first-order valence-corrected chi connectivity index (χ1v) is 11.0. The highest BCUT2D eigenvalue weighted by Gasteiger charge is 2.26. The monoisotopic (exact) mass is 430 g/mol. The first kappa shape index (κ1) is 19.9. The Labute approximate surface area is 171 Å². The van der Waals surface area contributed by atoms with E-state index in [2.05, 4.69) is 27.3 Å². The fraction of sp³-hybridized carbons (Fsp3) is 0.471. The van der Waals surface area contributed by atoms with E-state index in [1.165, 1.54) is 11.3 Å². The lowest BCUT2D eigenvalue weighted by molar-refractivity contribution is -0.121. The van der Waals surface area contributed by atoms with Crippen molar-refractivity contribution in [1.82, 2.24) is 15.1 Å². The van der Waals surface area contributed by atoms with E-state index < -0.39 is 0 Å². The third-order valence-electron chi connectivity index (χ3n) is 4.31. The molecule has 0 bridgehead atoms. The van der Waals surface area contributed by atoms with Crippen LogP contribution in [0.1, 0.15) is 25.3 Å². The summed E-state index contributed by atoms with van der Waals surface area (Å²) in [6, 6.07) is 5.56. The molecule has 5 nitrogen and oxygen atoms in total. The van der Waals surface area contributed by atoms with Crippen molar-refractivity contribution in [2.24, 2.45) is 5.92 Å². The number of benzene rings is 1. The van der Waals surface area contributed by atoms with E-state index in [9.17, 15) is 4.79 Å². The number of nitrogens with zero attached hydrogens (tertiary/aromatic N) is 3. The number of nitrogens with one attached hydrogen (secondary N) is 1. The number of thioether (sulfide) groups is 1. The molecular weight excluding hydrogens is 411 g/mol. The maximum Gasteiger partial charge on any atom is 0.229 e. The van der Waals surface area contributed by atoms with Crippen LogP contribution in [0.15, 0.2) is 22.5 Å². The molecule has 0 radical (unpaired) electrons. The van der Waals surface area contributed by atoms with Crippen LogP contribution < -0.4 is 5.32 Å². The second-order valence-corrected chi connectivity index (χ2v) is 9.35. The summed E-state index contributed by atoms with van der Waals surface area (Å²) in [4.78, 5) is 14.8. The summed E-state index contributed by atoms with van der Waals surface area (Å²) in [6.07, 6.45) is 1.62. The van der Waals surface area contributed by atoms with Gasteiger partial charge in [-0.25, -0.2) is 0 Å². The predicted molar refractivity (Wildman–Crippen MR) is 109 cm³/mol. The van der Waals surface area contributed by atoms with E-state index in [1.54, 1.807) is 11.8 Å². The zero-order chi connectivity index (χ0) is 18.5. The Balaban J connectivity index is 1.50. The molecule has 1 saturated heterocycles. The lowest BCUT2D eigenvalue weighted by Gasteiger charge is -2.31. The average molecular weight is 431 g/mol. The second kappa shape index (κ2) is 9.37. The SMILES string of the molecule is CCSc1nnc(NC(=O)C2CCN(Cc3c(Cl)cccc3Cl)CC2)s1. The molecule has 1 aromatic heterocycles. The third-order valence-corrected chi connectivity index (χ3v) is 6.87. The molecule has 2 heterocycles. The third kappa shape index (κ3) is 5.10. The van der Waals surface area contributed by atoms with Gasteiger partial charge in [0.05, 0.1) is 0 Å². The van der Waals surface area contributed by atoms with E-state index in [1.807, 2.05) is 18.2 Å². The lowest BCUT2D eigenvalue weighted by Crippen LogP contribution is -2.37. The summed E-state index contributed by atoms with van der Waals surface area (Å²) >= 11 is 15.6. The molecule has 0 atom stereocenters. The molecule has 1 aliphatic heterocycles. The Hall–Kier alpha value is -0.860. The van der Waals surface area contributed by atoms with Crippen LogP contribution >= 0.6 is 46.3 Å². The highest BCUT2D eigenvalue weighted by Crippen LogP contribution is 2.29. The highest BCUT2D eigenvalue weighted by atomic mass is 35.5. The van der Waals surface area contributed by atoms with Gasteiger partial charge >= 0.3 is 0 Å². The van der Waals surface area contributed by atoms with Crippen molar-refractivity contribution in [2.45, 2.75) is 30.6 Å². The fourth-order valence-electron chi connectivity index (χ4n) is 2.91. The average Bonchev–Trinajstić information content (AvgIpc) is 3.06. The Kier molecular flexibility index (Phi) is 7.17. The molecule has 0 saturated carbocycles. The molecule has 1 aromatic carbocycles. The van der Waals surface area contributed by atoms with Crippen molar-refractivity contribution < 1.29 is 4.79 Å². The van der Waals surface area contributed by atoms with Crippen LogP contribution in [0.3, 0.4) is 0 Å². The van der Waals surface area contributed by atoms with Crippen molar-refractivity contribution in [3.8, 4) is 0 Å². The van der Waals surface area contributed by atoms with Gasteiger partial charge in [0.2, 0.25) is 11.0 Å². The van der Waals surface area contributed by atoms with Gasteiger partial charge in [-0.05, 0) is 43.8 Å². The summed E-state index contributed by atoms with van der Waals surface area (Å²) in [7, 11) is 0. The summed E-state index contributed by atoms with van der Waals surface area (Å²) < 4.78 is 0.884. The molecular formula is C17H20Cl2N4OS2. The number of anilines is 1. The van der Waals surface area contributed by atoms with E-state index in [0.717, 1.165) is 41.6 Å². The molecule has 1 N–H and O–H groups in total. The molecule has 9 heteroatoms. The zero-order valence-corrected chi connectivity index (χ0v) is 17.5. The molecule has 0 unspecified atom stereocenters. The number of carbonyl (C=O) groups is 1. The van der Waals surface area contributed by atoms with E-state index in [-0.39, 0.29) is 11.8 Å². The van der Waals surface area contributed by atoms with Crippen LogP contribution in [0.25, 0.3) is 0 Å². The molecule has 26 heavy (non-hydrogen) atoms. The minimum Gasteiger partial charge on any atom is -0.300 e. The zero-order valence-electron chi connectivity index (χ0n) is 14.4. The van der Waals surface area contributed by atoms with E-state index in [0.29, 0.717) is 21.7 Å². The van der Waals surface area contributed by atoms with Crippen LogP contribution in [0.2, 0.25) is 10.0 Å². The minimum atomic E-state index is -0.000791. The maximum atomic E-state index is 12.5. The number of piperidine rings is 1. The number of rotatable bonds is 6. The number of hydrogen-bond donors (Lipinski definition) is 1. The van der Waals surface area contributed by atoms with Crippen LogP contribution in [0.4, 0.5) is 5.13 Å². The smallest absolute Gasteiger partial charge is 0.229 e. The van der Waals surface area contributed by atoms with Gasteiger partial charge in [-0.3, -0.25) is 9.69 Å². The molecule has 140 valence electrons. The van der Waals surface area contributed by atoms with Crippen molar-refractivity contribution in [3.05, 3.63) is 33.8 Å². The predicted octanol–water partition coefficient (Wildman–Crippen LogP) is 4.81. The Morgan fingerprint density at radius 3 is 2.65 bits per heavy atom. The van der Waals surface area contributed by atoms with Gasteiger partial charge in [0, 0.05) is 28.1 Å². The van der Waals surface area contributed by atoms with Crippen molar-refractivity contribution in [1.29, 1.82) is 0 Å². The Bertz CT molecular complexity index is 743. The lowest BCUT2D eigenvalue weighted by atomic mass is 9.95. The summed E-state index contributed by atoms with van der Waals surface area (Å²) in [6.45, 7) is 4.45. The van der Waals surface area contributed by atoms with Crippen LogP contribution in [0.5, 0.6) is 0 Å². The number of likely N-dealkylation sites (tertiary alicyclic amines) is 1. The van der Waals surface area contributed by atoms with Gasteiger partial charge in [0.1, 0.15) is 0 Å². The topological polar surface area (TPSA) is 58.1 Å². The van der Waals surface area contributed by atoms with Gasteiger partial charge < -0.3 is 5.32 Å². The molecule has 1 fully saturated rings. The van der Waals surface area contributed by atoms with Gasteiger partial charge in [-0.1, -0.05) is 59.3 Å². The Morgan fingerprint density at radius 1 is 1.31 bits per heavy atom. The number of halogens is 2. The van der Waals surface area contributed by atoms with Crippen molar-refractivity contribution in [3.63, 3.8) is 0 Å². The number of hydrogen-bond acceptors (Lipinski definition) is 6. The fourth-order valence-corrected chi connectivity index (χ4v) is 5.08. The molecule has 1 amide bonds. The molecule has 2 aromatic rings. The number of amides is 1. The highest BCUT2D eigenvalue weighted by molar-refractivity contribution is 8.01. The second-order valence-electron chi connectivity index (χ2n) is 6.05. The standard InChI is InChI=1S/C17H20Cl2N4OS2/c1-2-25-17-22-21-16(26-17)20-15(24)11-6-8-23(9-7-11)10-12-13(18)4-3-5-14(12)19/h3-5,11H,2,6-10H2,1H3,(H,20,21,24). The minimum absolute atomic E-state index is 0.000791. The van der Waals surface area contributed by atoms with Gasteiger partial charge in [0.25, 0.3) is 0 Å². The summed E-state index contributed by atoms with van der Waals surface area (Å²) in [5.41, 5.74) is 0.952. The number of carbonyl (C=O) groups excluding carboxylic acids is 1. The molecule has 0 aliphatic carbocycles.